The van der Waals surface area contributed by atoms with E-state index in [0.717, 1.165) is 19.0 Å². The van der Waals surface area contributed by atoms with E-state index in [0.29, 0.717) is 6.04 Å². The molecule has 1 atom stereocenters. The van der Waals surface area contributed by atoms with Crippen LogP contribution in [0.25, 0.3) is 0 Å². The molecular weight excluding hydrogens is 148 g/mol. The van der Waals surface area contributed by atoms with Gasteiger partial charge in [0.25, 0.3) is 0 Å². The van der Waals surface area contributed by atoms with Gasteiger partial charge in [-0.05, 0) is 33.0 Å². The standard InChI is InChI=1S/C10H24N2/c1-6-7-11-10(9(2)3)8-12(4)5/h9-11H,6-8H2,1-5H3. The van der Waals surface area contributed by atoms with Crippen LogP contribution in [0.2, 0.25) is 0 Å². The van der Waals surface area contributed by atoms with Gasteiger partial charge in [0.1, 0.15) is 0 Å². The molecule has 1 N–H and O–H groups in total. The number of likely N-dealkylation sites (N-methyl/N-ethyl adjacent to an activating group) is 1. The van der Waals surface area contributed by atoms with Crippen LogP contribution in [0.15, 0.2) is 0 Å². The van der Waals surface area contributed by atoms with Crippen molar-refractivity contribution in [2.75, 3.05) is 27.2 Å². The maximum Gasteiger partial charge on any atom is 0.0217 e. The van der Waals surface area contributed by atoms with Gasteiger partial charge in [0.15, 0.2) is 0 Å². The van der Waals surface area contributed by atoms with Crippen LogP contribution in [0.3, 0.4) is 0 Å². The second-order valence-electron chi connectivity index (χ2n) is 4.07. The SMILES string of the molecule is CCCNC(CN(C)C)C(C)C. The van der Waals surface area contributed by atoms with Gasteiger partial charge in [-0.15, -0.1) is 0 Å². The summed E-state index contributed by atoms with van der Waals surface area (Å²) in [5.41, 5.74) is 0. The maximum absolute atomic E-state index is 3.56. The van der Waals surface area contributed by atoms with Gasteiger partial charge in [-0.2, -0.15) is 0 Å². The number of rotatable bonds is 6. The fourth-order valence-corrected chi connectivity index (χ4v) is 1.23. The Balaban J connectivity index is 3.70. The van der Waals surface area contributed by atoms with Gasteiger partial charge in [-0.3, -0.25) is 0 Å². The molecule has 0 bridgehead atoms. The molecule has 0 saturated heterocycles. The van der Waals surface area contributed by atoms with E-state index in [1.165, 1.54) is 6.42 Å². The molecule has 0 aromatic rings. The molecule has 2 nitrogen and oxygen atoms in total. The van der Waals surface area contributed by atoms with Gasteiger partial charge < -0.3 is 10.2 Å². The number of hydrogen-bond acceptors (Lipinski definition) is 2. The fraction of sp³-hybridized carbons (Fsp3) is 1.00. The van der Waals surface area contributed by atoms with E-state index in [4.69, 9.17) is 0 Å². The highest BCUT2D eigenvalue weighted by molar-refractivity contribution is 4.72. The zero-order valence-corrected chi connectivity index (χ0v) is 9.22. The Morgan fingerprint density at radius 2 is 1.83 bits per heavy atom. The number of hydrogen-bond donors (Lipinski definition) is 1. The molecule has 0 aliphatic rings. The predicted molar refractivity (Wildman–Crippen MR) is 55.5 cm³/mol. The van der Waals surface area contributed by atoms with Crippen molar-refractivity contribution in [3.05, 3.63) is 0 Å². The van der Waals surface area contributed by atoms with E-state index in [-0.39, 0.29) is 0 Å². The molecule has 12 heavy (non-hydrogen) atoms. The van der Waals surface area contributed by atoms with Crippen molar-refractivity contribution in [2.24, 2.45) is 5.92 Å². The molecule has 0 saturated carbocycles. The molecule has 1 unspecified atom stereocenters. The summed E-state index contributed by atoms with van der Waals surface area (Å²) in [7, 11) is 4.26. The van der Waals surface area contributed by atoms with Gasteiger partial charge >= 0.3 is 0 Å². The first-order valence-electron chi connectivity index (χ1n) is 4.96. The average Bonchev–Trinajstić information content (AvgIpc) is 1.96. The lowest BCUT2D eigenvalue weighted by atomic mass is 10.0. The van der Waals surface area contributed by atoms with Crippen LogP contribution >= 0.6 is 0 Å². The predicted octanol–water partition coefficient (Wildman–Crippen LogP) is 1.57. The van der Waals surface area contributed by atoms with Gasteiger partial charge in [0.2, 0.25) is 0 Å². The molecule has 74 valence electrons. The summed E-state index contributed by atoms with van der Waals surface area (Å²) in [6, 6.07) is 0.639. The van der Waals surface area contributed by atoms with Crippen LogP contribution in [0.1, 0.15) is 27.2 Å². The Bertz CT molecular complexity index is 100. The molecule has 0 radical (unpaired) electrons. The van der Waals surface area contributed by atoms with E-state index in [9.17, 15) is 0 Å². The molecule has 0 aromatic heterocycles. The lowest BCUT2D eigenvalue weighted by Crippen LogP contribution is -2.42. The zero-order valence-electron chi connectivity index (χ0n) is 9.22. The molecule has 0 amide bonds. The minimum atomic E-state index is 0.639. The van der Waals surface area contributed by atoms with E-state index in [1.807, 2.05) is 0 Å². The van der Waals surface area contributed by atoms with Crippen LogP contribution in [0, 0.1) is 5.92 Å². The van der Waals surface area contributed by atoms with Crippen LogP contribution in [0.4, 0.5) is 0 Å². The molecule has 0 heterocycles. The van der Waals surface area contributed by atoms with E-state index >= 15 is 0 Å². The summed E-state index contributed by atoms with van der Waals surface area (Å²) < 4.78 is 0. The lowest BCUT2D eigenvalue weighted by Gasteiger charge is -2.25. The van der Waals surface area contributed by atoms with Crippen LogP contribution < -0.4 is 5.32 Å². The van der Waals surface area contributed by atoms with Crippen molar-refractivity contribution in [3.63, 3.8) is 0 Å². The topological polar surface area (TPSA) is 15.3 Å². The summed E-state index contributed by atoms with van der Waals surface area (Å²) >= 11 is 0. The van der Waals surface area contributed by atoms with Crippen molar-refractivity contribution in [1.29, 1.82) is 0 Å². The number of nitrogens with zero attached hydrogens (tertiary/aromatic N) is 1. The summed E-state index contributed by atoms with van der Waals surface area (Å²) in [6.45, 7) is 9.03. The first-order chi connectivity index (χ1) is 5.57. The molecule has 0 rings (SSSR count). The van der Waals surface area contributed by atoms with Gasteiger partial charge in [-0.1, -0.05) is 20.8 Å². The van der Waals surface area contributed by atoms with Crippen molar-refractivity contribution in [3.8, 4) is 0 Å². The molecule has 0 spiro atoms. The molecule has 0 aliphatic carbocycles. The quantitative estimate of drug-likeness (QED) is 0.654. The second kappa shape index (κ2) is 6.44. The van der Waals surface area contributed by atoms with Crippen molar-refractivity contribution < 1.29 is 0 Å². The zero-order chi connectivity index (χ0) is 9.56. The highest BCUT2D eigenvalue weighted by Crippen LogP contribution is 2.02. The Labute approximate surface area is 77.3 Å². The first kappa shape index (κ1) is 11.9. The molecule has 0 aliphatic heterocycles. The van der Waals surface area contributed by atoms with E-state index in [1.54, 1.807) is 0 Å². The van der Waals surface area contributed by atoms with E-state index in [2.05, 4.69) is 45.1 Å². The summed E-state index contributed by atoms with van der Waals surface area (Å²) in [6.07, 6.45) is 1.22. The van der Waals surface area contributed by atoms with Crippen molar-refractivity contribution in [1.82, 2.24) is 10.2 Å². The van der Waals surface area contributed by atoms with Gasteiger partial charge in [0.05, 0.1) is 0 Å². The third kappa shape index (κ3) is 5.56. The van der Waals surface area contributed by atoms with Crippen molar-refractivity contribution in [2.45, 2.75) is 33.2 Å². The molecule has 0 aromatic carbocycles. The van der Waals surface area contributed by atoms with Gasteiger partial charge in [-0.25, -0.2) is 0 Å². The lowest BCUT2D eigenvalue weighted by molar-refractivity contribution is 0.290. The summed E-state index contributed by atoms with van der Waals surface area (Å²) in [5, 5.41) is 3.56. The van der Waals surface area contributed by atoms with Crippen LogP contribution in [-0.4, -0.2) is 38.1 Å². The first-order valence-corrected chi connectivity index (χ1v) is 4.96. The Hall–Kier alpha value is -0.0800. The Kier molecular flexibility index (Phi) is 6.39. The molecular formula is C10H24N2. The summed E-state index contributed by atoms with van der Waals surface area (Å²) in [5.74, 6) is 0.721. The fourth-order valence-electron chi connectivity index (χ4n) is 1.23. The Morgan fingerprint density at radius 1 is 1.25 bits per heavy atom. The number of nitrogens with one attached hydrogen (secondary N) is 1. The normalized spacial score (nSPS) is 14.2. The Morgan fingerprint density at radius 3 is 2.17 bits per heavy atom. The molecule has 2 heteroatoms. The van der Waals surface area contributed by atoms with Crippen LogP contribution in [-0.2, 0) is 0 Å². The van der Waals surface area contributed by atoms with Crippen molar-refractivity contribution >= 4 is 0 Å². The smallest absolute Gasteiger partial charge is 0.0217 e. The third-order valence-electron chi connectivity index (χ3n) is 2.02. The maximum atomic E-state index is 3.56. The second-order valence-corrected chi connectivity index (χ2v) is 4.07. The van der Waals surface area contributed by atoms with Crippen LogP contribution in [0.5, 0.6) is 0 Å². The highest BCUT2D eigenvalue weighted by Gasteiger charge is 2.12. The highest BCUT2D eigenvalue weighted by atomic mass is 15.1. The van der Waals surface area contributed by atoms with Gasteiger partial charge in [0, 0.05) is 12.6 Å². The summed E-state index contributed by atoms with van der Waals surface area (Å²) in [4.78, 5) is 2.24. The molecule has 0 fully saturated rings. The minimum Gasteiger partial charge on any atom is -0.312 e. The monoisotopic (exact) mass is 172 g/mol. The van der Waals surface area contributed by atoms with E-state index < -0.39 is 0 Å². The minimum absolute atomic E-state index is 0.639. The average molecular weight is 172 g/mol. The third-order valence-corrected chi connectivity index (χ3v) is 2.02. The largest absolute Gasteiger partial charge is 0.312 e.